The van der Waals surface area contributed by atoms with Crippen molar-refractivity contribution in [2.45, 2.75) is 19.8 Å². The summed E-state index contributed by atoms with van der Waals surface area (Å²) >= 11 is 5.18. The van der Waals surface area contributed by atoms with Crippen LogP contribution in [0.3, 0.4) is 0 Å². The van der Waals surface area contributed by atoms with Gasteiger partial charge in [-0.25, -0.2) is 0 Å². The summed E-state index contributed by atoms with van der Waals surface area (Å²) in [6.07, 6.45) is 1.84. The zero-order valence-electron chi connectivity index (χ0n) is 14.6. The van der Waals surface area contributed by atoms with Gasteiger partial charge in [-0.15, -0.1) is 0 Å². The van der Waals surface area contributed by atoms with Gasteiger partial charge in [0.15, 0.2) is 5.11 Å². The van der Waals surface area contributed by atoms with Crippen LogP contribution in [0.5, 0.6) is 0 Å². The minimum atomic E-state index is -0.0877. The number of benzene rings is 2. The second kappa shape index (κ2) is 8.10. The summed E-state index contributed by atoms with van der Waals surface area (Å²) in [7, 11) is 0. The molecule has 2 amide bonds. The van der Waals surface area contributed by atoms with Gasteiger partial charge in [0.1, 0.15) is 0 Å². The Hall–Kier alpha value is -2.73. The molecule has 0 radical (unpaired) electrons. The first-order valence-corrected chi connectivity index (χ1v) is 9.08. The Morgan fingerprint density at radius 1 is 1.12 bits per heavy atom. The second-order valence-electron chi connectivity index (χ2n) is 6.18. The lowest BCUT2D eigenvalue weighted by atomic mass is 10.1. The topological polar surface area (TPSA) is 61.4 Å². The van der Waals surface area contributed by atoms with Gasteiger partial charge in [0.2, 0.25) is 5.91 Å². The third-order valence-electron chi connectivity index (χ3n) is 4.18. The van der Waals surface area contributed by atoms with Crippen LogP contribution >= 0.6 is 12.2 Å². The summed E-state index contributed by atoms with van der Waals surface area (Å²) in [5.74, 6) is -0.0436. The van der Waals surface area contributed by atoms with Gasteiger partial charge in [0, 0.05) is 29.4 Å². The molecule has 2 aromatic carbocycles. The van der Waals surface area contributed by atoms with Gasteiger partial charge in [-0.2, -0.15) is 0 Å². The van der Waals surface area contributed by atoms with Crippen molar-refractivity contribution >= 4 is 40.5 Å². The molecule has 26 heavy (non-hydrogen) atoms. The molecule has 3 rings (SSSR count). The molecule has 1 aliphatic rings. The van der Waals surface area contributed by atoms with Crippen molar-refractivity contribution < 1.29 is 9.59 Å². The first kappa shape index (κ1) is 18.1. The van der Waals surface area contributed by atoms with Gasteiger partial charge in [-0.3, -0.25) is 9.59 Å². The van der Waals surface area contributed by atoms with E-state index in [0.29, 0.717) is 17.8 Å². The number of hydrogen-bond acceptors (Lipinski definition) is 3. The van der Waals surface area contributed by atoms with E-state index in [1.54, 1.807) is 23.1 Å². The molecule has 1 aliphatic carbocycles. The summed E-state index contributed by atoms with van der Waals surface area (Å²) in [6.45, 7) is 2.51. The number of amides is 2. The Labute approximate surface area is 158 Å². The van der Waals surface area contributed by atoms with Crippen LogP contribution in [0.15, 0.2) is 54.6 Å². The van der Waals surface area contributed by atoms with Crippen molar-refractivity contribution in [1.29, 1.82) is 0 Å². The number of thiocarbonyl (C=S) groups is 1. The van der Waals surface area contributed by atoms with Crippen LogP contribution in [0.1, 0.15) is 30.1 Å². The van der Waals surface area contributed by atoms with Crippen molar-refractivity contribution in [3.05, 3.63) is 60.2 Å². The lowest BCUT2D eigenvalue weighted by molar-refractivity contribution is -0.120. The molecule has 5 nitrogen and oxygen atoms in total. The molecular formula is C20H21N3O2S. The Balaban J connectivity index is 1.70. The summed E-state index contributed by atoms with van der Waals surface area (Å²) in [6, 6.07) is 16.7. The van der Waals surface area contributed by atoms with Gasteiger partial charge in [0.05, 0.1) is 0 Å². The standard InChI is InChI=1S/C20H21N3O2S/c1-2-23(17-9-4-3-5-10-17)19(25)15-7-6-8-16(13-15)21-20(26)22-18(24)14-11-12-14/h3-10,13-14H,2,11-12H2,1H3,(H2,21,22,24,26). The average molecular weight is 367 g/mol. The molecular weight excluding hydrogens is 346 g/mol. The fourth-order valence-electron chi connectivity index (χ4n) is 2.66. The molecule has 2 N–H and O–H groups in total. The summed E-state index contributed by atoms with van der Waals surface area (Å²) in [5.41, 5.74) is 2.07. The molecule has 6 heteroatoms. The minimum Gasteiger partial charge on any atom is -0.332 e. The fourth-order valence-corrected chi connectivity index (χ4v) is 2.88. The van der Waals surface area contributed by atoms with E-state index in [-0.39, 0.29) is 22.8 Å². The predicted molar refractivity (Wildman–Crippen MR) is 107 cm³/mol. The van der Waals surface area contributed by atoms with E-state index in [2.05, 4.69) is 10.6 Å². The van der Waals surface area contributed by atoms with Crippen molar-refractivity contribution in [3.63, 3.8) is 0 Å². The maximum absolute atomic E-state index is 12.9. The molecule has 0 atom stereocenters. The lowest BCUT2D eigenvalue weighted by Crippen LogP contribution is -2.35. The van der Waals surface area contributed by atoms with Gasteiger partial charge >= 0.3 is 0 Å². The number of nitrogens with zero attached hydrogens (tertiary/aromatic N) is 1. The van der Waals surface area contributed by atoms with Gasteiger partial charge < -0.3 is 15.5 Å². The van der Waals surface area contributed by atoms with Gasteiger partial charge in [-0.1, -0.05) is 24.3 Å². The van der Waals surface area contributed by atoms with E-state index in [0.717, 1.165) is 18.5 Å². The Morgan fingerprint density at radius 3 is 2.50 bits per heavy atom. The van der Waals surface area contributed by atoms with Crippen LogP contribution in [0.2, 0.25) is 0 Å². The second-order valence-corrected chi connectivity index (χ2v) is 6.59. The number of hydrogen-bond donors (Lipinski definition) is 2. The van der Waals surface area contributed by atoms with Crippen LogP contribution in [-0.2, 0) is 4.79 Å². The van der Waals surface area contributed by atoms with Crippen LogP contribution in [0.25, 0.3) is 0 Å². The van der Waals surface area contributed by atoms with E-state index < -0.39 is 0 Å². The largest absolute Gasteiger partial charge is 0.332 e. The van der Waals surface area contributed by atoms with Crippen LogP contribution in [-0.4, -0.2) is 23.5 Å². The Kier molecular flexibility index (Phi) is 5.63. The van der Waals surface area contributed by atoms with E-state index in [4.69, 9.17) is 12.2 Å². The first-order chi connectivity index (χ1) is 12.6. The maximum Gasteiger partial charge on any atom is 0.258 e. The molecule has 0 aliphatic heterocycles. The predicted octanol–water partition coefficient (Wildman–Crippen LogP) is 3.58. The first-order valence-electron chi connectivity index (χ1n) is 8.67. The Bertz CT molecular complexity index is 819. The normalized spacial score (nSPS) is 13.0. The molecule has 0 aromatic heterocycles. The SMILES string of the molecule is CCN(C(=O)c1cccc(NC(=S)NC(=O)C2CC2)c1)c1ccccc1. The number of carbonyl (C=O) groups excluding carboxylic acids is 2. The molecule has 1 saturated carbocycles. The highest BCUT2D eigenvalue weighted by Gasteiger charge is 2.30. The molecule has 134 valence electrons. The zero-order chi connectivity index (χ0) is 18.5. The monoisotopic (exact) mass is 367 g/mol. The van der Waals surface area contributed by atoms with Crippen molar-refractivity contribution in [3.8, 4) is 0 Å². The van der Waals surface area contributed by atoms with Gasteiger partial charge in [0.25, 0.3) is 5.91 Å². The molecule has 0 heterocycles. The highest BCUT2D eigenvalue weighted by atomic mass is 32.1. The molecule has 1 fully saturated rings. The van der Waals surface area contributed by atoms with Crippen molar-refractivity contribution in [2.75, 3.05) is 16.8 Å². The quantitative estimate of drug-likeness (QED) is 0.793. The number of para-hydroxylation sites is 1. The smallest absolute Gasteiger partial charge is 0.258 e. The third-order valence-corrected chi connectivity index (χ3v) is 4.39. The highest BCUT2D eigenvalue weighted by molar-refractivity contribution is 7.80. The van der Waals surface area contributed by atoms with E-state index in [9.17, 15) is 9.59 Å². The highest BCUT2D eigenvalue weighted by Crippen LogP contribution is 2.28. The minimum absolute atomic E-state index is 0.0454. The summed E-state index contributed by atoms with van der Waals surface area (Å²) < 4.78 is 0. The molecule has 0 bridgehead atoms. The molecule has 0 unspecified atom stereocenters. The number of carbonyl (C=O) groups is 2. The van der Waals surface area contributed by atoms with Crippen molar-refractivity contribution in [1.82, 2.24) is 5.32 Å². The van der Waals surface area contributed by atoms with E-state index >= 15 is 0 Å². The maximum atomic E-state index is 12.9. The van der Waals surface area contributed by atoms with Crippen LogP contribution < -0.4 is 15.5 Å². The Morgan fingerprint density at radius 2 is 1.85 bits per heavy atom. The number of anilines is 2. The number of nitrogens with one attached hydrogen (secondary N) is 2. The molecule has 2 aromatic rings. The zero-order valence-corrected chi connectivity index (χ0v) is 15.4. The van der Waals surface area contributed by atoms with E-state index in [1.165, 1.54) is 0 Å². The number of rotatable bonds is 5. The van der Waals surface area contributed by atoms with Crippen molar-refractivity contribution in [2.24, 2.45) is 5.92 Å². The third kappa shape index (κ3) is 4.46. The summed E-state index contributed by atoms with van der Waals surface area (Å²) in [4.78, 5) is 26.4. The van der Waals surface area contributed by atoms with Crippen LogP contribution in [0, 0.1) is 5.92 Å². The van der Waals surface area contributed by atoms with Gasteiger partial charge in [-0.05, 0) is 62.3 Å². The average Bonchev–Trinajstić information content (AvgIpc) is 3.48. The lowest BCUT2D eigenvalue weighted by Gasteiger charge is -2.21. The molecule has 0 saturated heterocycles. The molecule has 0 spiro atoms. The van der Waals surface area contributed by atoms with E-state index in [1.807, 2.05) is 43.3 Å². The fraction of sp³-hybridized carbons (Fsp3) is 0.250. The summed E-state index contributed by atoms with van der Waals surface area (Å²) in [5, 5.41) is 5.91. The van der Waals surface area contributed by atoms with Crippen LogP contribution in [0.4, 0.5) is 11.4 Å².